The lowest BCUT2D eigenvalue weighted by atomic mass is 9.87. The lowest BCUT2D eigenvalue weighted by Gasteiger charge is -2.46. The zero-order valence-corrected chi connectivity index (χ0v) is 23.1. The van der Waals surface area contributed by atoms with Crippen molar-refractivity contribution in [3.8, 4) is 17.3 Å². The molecule has 1 unspecified atom stereocenters. The van der Waals surface area contributed by atoms with Crippen molar-refractivity contribution in [1.82, 2.24) is 9.88 Å². The molecular formula is C27H37N3O8. The van der Waals surface area contributed by atoms with E-state index in [0.29, 0.717) is 18.5 Å². The smallest absolute Gasteiger partial charge is 0.410 e. The van der Waals surface area contributed by atoms with Gasteiger partial charge in [-0.25, -0.2) is 14.4 Å². The van der Waals surface area contributed by atoms with Crippen molar-refractivity contribution in [2.75, 3.05) is 32.2 Å². The first-order chi connectivity index (χ1) is 17.8. The number of oxazole rings is 1. The fourth-order valence-electron chi connectivity index (χ4n) is 4.24. The Morgan fingerprint density at radius 1 is 1.24 bits per heavy atom. The van der Waals surface area contributed by atoms with E-state index in [1.54, 1.807) is 17.9 Å². The molecule has 0 spiro atoms. The highest BCUT2D eigenvalue weighted by Crippen LogP contribution is 2.33. The molecule has 0 aliphatic carbocycles. The predicted octanol–water partition coefficient (Wildman–Crippen LogP) is 4.66. The minimum Gasteiger partial charge on any atom is -0.463 e. The summed E-state index contributed by atoms with van der Waals surface area (Å²) in [5, 5.41) is 3.53. The van der Waals surface area contributed by atoms with Gasteiger partial charge in [0.15, 0.2) is 6.61 Å². The van der Waals surface area contributed by atoms with Gasteiger partial charge in [-0.2, -0.15) is 4.98 Å². The molecule has 1 amide bonds. The second-order valence-corrected chi connectivity index (χ2v) is 10.6. The highest BCUT2D eigenvalue weighted by atomic mass is 16.6. The average molecular weight is 532 g/mol. The van der Waals surface area contributed by atoms with Crippen LogP contribution < -0.4 is 10.1 Å². The molecule has 2 heterocycles. The monoisotopic (exact) mass is 531 g/mol. The number of hydrogen-bond donors (Lipinski definition) is 1. The highest BCUT2D eigenvalue weighted by molar-refractivity contribution is 5.89. The van der Waals surface area contributed by atoms with Crippen LogP contribution in [0, 0.1) is 0 Å². The van der Waals surface area contributed by atoms with Crippen molar-refractivity contribution < 1.29 is 37.7 Å². The molecule has 1 saturated heterocycles. The largest absolute Gasteiger partial charge is 0.463 e. The SMILES string of the molecule is CCOC(=O)COc1nc(-c2cccc(NC3CCN(C(=O)OC(C)(C)C)C(C)(C)C3)c2)oc1C(=O)OC. The van der Waals surface area contributed by atoms with Crippen LogP contribution in [0.3, 0.4) is 0 Å². The number of ether oxygens (including phenoxy) is 4. The molecule has 0 radical (unpaired) electrons. The molecule has 1 aliphatic heterocycles. The number of carbonyl (C=O) groups is 3. The molecule has 0 bridgehead atoms. The van der Waals surface area contributed by atoms with Crippen LogP contribution in [0.25, 0.3) is 11.5 Å². The van der Waals surface area contributed by atoms with E-state index in [-0.39, 0.29) is 36.3 Å². The van der Waals surface area contributed by atoms with Gasteiger partial charge in [-0.15, -0.1) is 0 Å². The number of nitrogens with zero attached hydrogens (tertiary/aromatic N) is 2. The summed E-state index contributed by atoms with van der Waals surface area (Å²) in [6, 6.07) is 7.48. The zero-order chi connectivity index (χ0) is 28.1. The number of amides is 1. The molecule has 3 rings (SSSR count). The molecule has 1 N–H and O–H groups in total. The van der Waals surface area contributed by atoms with Gasteiger partial charge in [0.1, 0.15) is 5.60 Å². The molecule has 1 fully saturated rings. The molecule has 1 aromatic carbocycles. The number of aromatic nitrogens is 1. The van der Waals surface area contributed by atoms with Crippen molar-refractivity contribution in [2.24, 2.45) is 0 Å². The Morgan fingerprint density at radius 2 is 1.97 bits per heavy atom. The summed E-state index contributed by atoms with van der Waals surface area (Å²) in [6.07, 6.45) is 1.15. The zero-order valence-electron chi connectivity index (χ0n) is 23.1. The van der Waals surface area contributed by atoms with Gasteiger partial charge in [-0.05, 0) is 72.6 Å². The molecule has 2 aromatic rings. The van der Waals surface area contributed by atoms with Crippen LogP contribution in [0.1, 0.15) is 64.9 Å². The average Bonchev–Trinajstić information content (AvgIpc) is 3.25. The Kier molecular flexibility index (Phi) is 8.90. The number of anilines is 1. The number of nitrogens with one attached hydrogen (secondary N) is 1. The summed E-state index contributed by atoms with van der Waals surface area (Å²) in [6.45, 7) is 11.6. The van der Waals surface area contributed by atoms with Gasteiger partial charge in [0.05, 0.1) is 13.7 Å². The van der Waals surface area contributed by atoms with Crippen LogP contribution >= 0.6 is 0 Å². The van der Waals surface area contributed by atoms with E-state index in [1.807, 2.05) is 52.8 Å². The van der Waals surface area contributed by atoms with Crippen molar-refractivity contribution >= 4 is 23.7 Å². The Hall–Kier alpha value is -3.76. The maximum atomic E-state index is 12.7. The van der Waals surface area contributed by atoms with Crippen molar-refractivity contribution in [2.45, 2.75) is 71.6 Å². The van der Waals surface area contributed by atoms with E-state index in [1.165, 1.54) is 7.11 Å². The van der Waals surface area contributed by atoms with E-state index >= 15 is 0 Å². The summed E-state index contributed by atoms with van der Waals surface area (Å²) >= 11 is 0. The molecule has 0 saturated carbocycles. The van der Waals surface area contributed by atoms with E-state index in [4.69, 9.17) is 23.4 Å². The third kappa shape index (κ3) is 7.39. The molecule has 208 valence electrons. The van der Waals surface area contributed by atoms with Crippen LogP contribution in [0.5, 0.6) is 5.88 Å². The third-order valence-electron chi connectivity index (χ3n) is 5.87. The van der Waals surface area contributed by atoms with Gasteiger partial charge < -0.3 is 33.6 Å². The molecule has 1 aromatic heterocycles. The van der Waals surface area contributed by atoms with E-state index in [0.717, 1.165) is 12.1 Å². The quantitative estimate of drug-likeness (QED) is 0.379. The van der Waals surface area contributed by atoms with Crippen molar-refractivity contribution in [1.29, 1.82) is 0 Å². The van der Waals surface area contributed by atoms with Gasteiger partial charge in [-0.3, -0.25) is 0 Å². The molecular weight excluding hydrogens is 494 g/mol. The standard InChI is InChI=1S/C27H37N3O8/c1-8-35-20(31)16-36-23-21(24(32)34-7)37-22(29-23)17-10-9-11-18(14-17)28-19-12-13-30(27(5,6)15-19)25(33)38-26(2,3)4/h9-11,14,19,28H,8,12-13,15-16H2,1-7H3. The Morgan fingerprint density at radius 3 is 2.61 bits per heavy atom. The van der Waals surface area contributed by atoms with Crippen LogP contribution in [-0.4, -0.2) is 72.0 Å². The molecule has 1 atom stereocenters. The fraction of sp³-hybridized carbons (Fsp3) is 0.556. The second-order valence-electron chi connectivity index (χ2n) is 10.6. The number of piperidine rings is 1. The first kappa shape index (κ1) is 28.8. The van der Waals surface area contributed by atoms with Gasteiger partial charge in [0.2, 0.25) is 5.89 Å². The van der Waals surface area contributed by atoms with Crippen molar-refractivity contribution in [3.63, 3.8) is 0 Å². The number of rotatable bonds is 8. The van der Waals surface area contributed by atoms with E-state index < -0.39 is 29.7 Å². The maximum absolute atomic E-state index is 12.7. The minimum atomic E-state index is -0.782. The minimum absolute atomic E-state index is 0.109. The first-order valence-corrected chi connectivity index (χ1v) is 12.6. The van der Waals surface area contributed by atoms with Crippen molar-refractivity contribution in [3.05, 3.63) is 30.0 Å². The Bertz CT molecular complexity index is 1150. The third-order valence-corrected chi connectivity index (χ3v) is 5.87. The van der Waals surface area contributed by atoms with Crippen LogP contribution in [0.4, 0.5) is 10.5 Å². The van der Waals surface area contributed by atoms with Crippen LogP contribution in [0.15, 0.2) is 28.7 Å². The molecule has 11 heteroatoms. The molecule has 1 aliphatic rings. The highest BCUT2D eigenvalue weighted by Gasteiger charge is 2.39. The van der Waals surface area contributed by atoms with E-state index in [2.05, 4.69) is 10.3 Å². The van der Waals surface area contributed by atoms with Gasteiger partial charge >= 0.3 is 18.0 Å². The topological polar surface area (TPSA) is 129 Å². The van der Waals surface area contributed by atoms with Crippen LogP contribution in [0.2, 0.25) is 0 Å². The number of esters is 2. The lowest BCUT2D eigenvalue weighted by molar-refractivity contribution is -0.145. The number of methoxy groups -OCH3 is 1. The lowest BCUT2D eigenvalue weighted by Crippen LogP contribution is -2.56. The molecule has 38 heavy (non-hydrogen) atoms. The maximum Gasteiger partial charge on any atom is 0.410 e. The Labute approximate surface area is 222 Å². The summed E-state index contributed by atoms with van der Waals surface area (Å²) in [5.41, 5.74) is 0.455. The normalized spacial score (nSPS) is 16.9. The number of hydrogen-bond acceptors (Lipinski definition) is 10. The number of carbonyl (C=O) groups excluding carboxylic acids is 3. The number of likely N-dealkylation sites (tertiary alicyclic amines) is 1. The fourth-order valence-corrected chi connectivity index (χ4v) is 4.24. The first-order valence-electron chi connectivity index (χ1n) is 12.6. The predicted molar refractivity (Wildman–Crippen MR) is 139 cm³/mol. The summed E-state index contributed by atoms with van der Waals surface area (Å²) in [5.74, 6) is -1.65. The summed E-state index contributed by atoms with van der Waals surface area (Å²) < 4.78 is 26.2. The van der Waals surface area contributed by atoms with Gasteiger partial charge in [-0.1, -0.05) is 6.07 Å². The van der Waals surface area contributed by atoms with E-state index in [9.17, 15) is 14.4 Å². The summed E-state index contributed by atoms with van der Waals surface area (Å²) in [7, 11) is 1.21. The van der Waals surface area contributed by atoms with Crippen LogP contribution in [-0.2, 0) is 19.0 Å². The Balaban J connectivity index is 1.73. The second kappa shape index (κ2) is 11.7. The van der Waals surface area contributed by atoms with Gasteiger partial charge in [0.25, 0.3) is 11.6 Å². The van der Waals surface area contributed by atoms with Gasteiger partial charge in [0, 0.05) is 29.4 Å². The summed E-state index contributed by atoms with van der Waals surface area (Å²) in [4.78, 5) is 42.6. The molecule has 11 nitrogen and oxygen atoms in total. The number of benzene rings is 1.